The fraction of sp³-hybridized carbons (Fsp3) is 0.312. The van der Waals surface area contributed by atoms with Crippen molar-refractivity contribution in [2.24, 2.45) is 0 Å². The average molecular weight is 298 g/mol. The van der Waals surface area contributed by atoms with Gasteiger partial charge in [0.25, 0.3) is 5.91 Å². The quantitative estimate of drug-likeness (QED) is 0.928. The molecule has 0 unspecified atom stereocenters. The van der Waals surface area contributed by atoms with Gasteiger partial charge in [0.05, 0.1) is 37.3 Å². The van der Waals surface area contributed by atoms with E-state index >= 15 is 0 Å². The number of nitrogens with one attached hydrogen (secondary N) is 1. The molecular weight excluding hydrogens is 280 g/mol. The number of nitrogens with zero attached hydrogens (tertiary/aromatic N) is 3. The number of carbonyl (C=O) groups is 1. The monoisotopic (exact) mass is 298 g/mol. The van der Waals surface area contributed by atoms with E-state index in [9.17, 15) is 4.79 Å². The smallest absolute Gasteiger partial charge is 0.272 e. The third-order valence-electron chi connectivity index (χ3n) is 3.48. The molecule has 3 rings (SSSR count). The predicted octanol–water partition coefficient (Wildman–Crippen LogP) is 1.56. The molecule has 0 aromatic carbocycles. The highest BCUT2D eigenvalue weighted by atomic mass is 16.5. The first-order valence-corrected chi connectivity index (χ1v) is 7.30. The fourth-order valence-corrected chi connectivity index (χ4v) is 2.25. The van der Waals surface area contributed by atoms with E-state index in [0.29, 0.717) is 38.5 Å². The number of carbonyl (C=O) groups excluding carboxylic acids is 1. The molecule has 6 nitrogen and oxygen atoms in total. The first-order valence-electron chi connectivity index (χ1n) is 7.30. The minimum absolute atomic E-state index is 0.0421. The summed E-state index contributed by atoms with van der Waals surface area (Å²) in [5, 5.41) is 3.24. The second-order valence-electron chi connectivity index (χ2n) is 5.01. The van der Waals surface area contributed by atoms with Gasteiger partial charge in [-0.05, 0) is 24.3 Å². The molecule has 1 fully saturated rings. The Morgan fingerprint density at radius 1 is 1.18 bits per heavy atom. The number of rotatable bonds is 4. The lowest BCUT2D eigenvalue weighted by Gasteiger charge is -2.26. The van der Waals surface area contributed by atoms with Gasteiger partial charge in [-0.2, -0.15) is 0 Å². The van der Waals surface area contributed by atoms with Crippen LogP contribution in [0.3, 0.4) is 0 Å². The molecule has 0 bridgehead atoms. The van der Waals surface area contributed by atoms with Crippen molar-refractivity contribution in [1.82, 2.24) is 14.9 Å². The molecule has 3 heterocycles. The van der Waals surface area contributed by atoms with Crippen molar-refractivity contribution < 1.29 is 9.53 Å². The standard InChI is InChI=1S/C16H18N4O2/c21-16(20-7-9-22-10-8-20)15-5-4-14(12-19-15)18-11-13-3-1-2-6-17-13/h1-6,12,18H,7-11H2. The van der Waals surface area contributed by atoms with Crippen molar-refractivity contribution >= 4 is 11.6 Å². The zero-order valence-electron chi connectivity index (χ0n) is 12.2. The first kappa shape index (κ1) is 14.5. The Morgan fingerprint density at radius 2 is 2.05 bits per heavy atom. The van der Waals surface area contributed by atoms with Crippen LogP contribution in [0.5, 0.6) is 0 Å². The third-order valence-corrected chi connectivity index (χ3v) is 3.48. The van der Waals surface area contributed by atoms with Gasteiger partial charge in [-0.1, -0.05) is 6.07 Å². The third kappa shape index (κ3) is 3.59. The molecule has 1 aliphatic rings. The van der Waals surface area contributed by atoms with E-state index in [0.717, 1.165) is 11.4 Å². The lowest BCUT2D eigenvalue weighted by atomic mass is 10.2. The number of aromatic nitrogens is 2. The SMILES string of the molecule is O=C(c1ccc(NCc2ccccn2)cn1)N1CCOCC1. The van der Waals surface area contributed by atoms with E-state index < -0.39 is 0 Å². The van der Waals surface area contributed by atoms with Gasteiger partial charge in [-0.25, -0.2) is 4.98 Å². The van der Waals surface area contributed by atoms with Crippen molar-refractivity contribution in [3.63, 3.8) is 0 Å². The largest absolute Gasteiger partial charge is 0.378 e. The Bertz CT molecular complexity index is 610. The van der Waals surface area contributed by atoms with Crippen molar-refractivity contribution in [1.29, 1.82) is 0 Å². The number of pyridine rings is 2. The van der Waals surface area contributed by atoms with Crippen LogP contribution in [0.4, 0.5) is 5.69 Å². The molecular formula is C16H18N4O2. The highest BCUT2D eigenvalue weighted by Gasteiger charge is 2.19. The van der Waals surface area contributed by atoms with Crippen molar-refractivity contribution in [3.8, 4) is 0 Å². The van der Waals surface area contributed by atoms with Crippen LogP contribution < -0.4 is 5.32 Å². The number of hydrogen-bond acceptors (Lipinski definition) is 5. The molecule has 114 valence electrons. The van der Waals surface area contributed by atoms with Crippen molar-refractivity contribution in [3.05, 3.63) is 54.1 Å². The normalized spacial score (nSPS) is 14.6. The van der Waals surface area contributed by atoms with Crippen LogP contribution in [-0.4, -0.2) is 47.1 Å². The number of hydrogen-bond donors (Lipinski definition) is 1. The summed E-state index contributed by atoms with van der Waals surface area (Å²) in [5.41, 5.74) is 2.28. The van der Waals surface area contributed by atoms with Gasteiger partial charge in [0.2, 0.25) is 0 Å². The Balaban J connectivity index is 1.59. The molecule has 0 atom stereocenters. The summed E-state index contributed by atoms with van der Waals surface area (Å²) in [4.78, 5) is 22.5. The minimum Gasteiger partial charge on any atom is -0.378 e. The van der Waals surface area contributed by atoms with Crippen LogP contribution in [-0.2, 0) is 11.3 Å². The topological polar surface area (TPSA) is 67.4 Å². The minimum atomic E-state index is -0.0421. The number of ether oxygens (including phenoxy) is 1. The van der Waals surface area contributed by atoms with E-state index in [1.54, 1.807) is 23.4 Å². The molecule has 22 heavy (non-hydrogen) atoms. The number of anilines is 1. The first-order chi connectivity index (χ1) is 10.8. The molecule has 1 amide bonds. The molecule has 2 aromatic heterocycles. The molecule has 0 aliphatic carbocycles. The molecule has 1 N–H and O–H groups in total. The zero-order valence-corrected chi connectivity index (χ0v) is 12.2. The van der Waals surface area contributed by atoms with E-state index in [-0.39, 0.29) is 5.91 Å². The summed E-state index contributed by atoms with van der Waals surface area (Å²) in [5.74, 6) is -0.0421. The van der Waals surface area contributed by atoms with Gasteiger partial charge < -0.3 is 15.0 Å². The van der Waals surface area contributed by atoms with E-state index in [4.69, 9.17) is 4.74 Å². The lowest BCUT2D eigenvalue weighted by Crippen LogP contribution is -2.41. The molecule has 0 radical (unpaired) electrons. The van der Waals surface area contributed by atoms with Gasteiger partial charge in [-0.15, -0.1) is 0 Å². The highest BCUT2D eigenvalue weighted by molar-refractivity contribution is 5.92. The second-order valence-corrected chi connectivity index (χ2v) is 5.01. The molecule has 2 aromatic rings. The van der Waals surface area contributed by atoms with Crippen LogP contribution in [0.15, 0.2) is 42.7 Å². The molecule has 0 spiro atoms. The maximum absolute atomic E-state index is 12.3. The average Bonchev–Trinajstić information content (AvgIpc) is 2.61. The zero-order chi connectivity index (χ0) is 15.2. The summed E-state index contributed by atoms with van der Waals surface area (Å²) in [6, 6.07) is 9.41. The summed E-state index contributed by atoms with van der Waals surface area (Å²) in [6.45, 7) is 3.06. The maximum atomic E-state index is 12.3. The fourth-order valence-electron chi connectivity index (χ4n) is 2.25. The molecule has 1 aliphatic heterocycles. The van der Waals surface area contributed by atoms with Gasteiger partial charge in [0.1, 0.15) is 5.69 Å². The van der Waals surface area contributed by atoms with E-state index in [1.165, 1.54) is 0 Å². The number of morpholine rings is 1. The van der Waals surface area contributed by atoms with Crippen LogP contribution in [0.25, 0.3) is 0 Å². The van der Waals surface area contributed by atoms with Gasteiger partial charge in [0, 0.05) is 19.3 Å². The van der Waals surface area contributed by atoms with E-state index in [2.05, 4.69) is 15.3 Å². The Kier molecular flexibility index (Phi) is 4.60. The lowest BCUT2D eigenvalue weighted by molar-refractivity contribution is 0.0299. The number of amides is 1. The van der Waals surface area contributed by atoms with Gasteiger partial charge in [0.15, 0.2) is 0 Å². The van der Waals surface area contributed by atoms with Crippen LogP contribution in [0.2, 0.25) is 0 Å². The van der Waals surface area contributed by atoms with Gasteiger partial charge in [-0.3, -0.25) is 9.78 Å². The maximum Gasteiger partial charge on any atom is 0.272 e. The van der Waals surface area contributed by atoms with Crippen molar-refractivity contribution in [2.45, 2.75) is 6.54 Å². The highest BCUT2D eigenvalue weighted by Crippen LogP contribution is 2.10. The summed E-state index contributed by atoms with van der Waals surface area (Å²) < 4.78 is 5.25. The molecule has 6 heteroatoms. The van der Waals surface area contributed by atoms with Crippen molar-refractivity contribution in [2.75, 3.05) is 31.6 Å². The Hall–Kier alpha value is -2.47. The summed E-state index contributed by atoms with van der Waals surface area (Å²) >= 11 is 0. The molecule has 0 saturated carbocycles. The van der Waals surface area contributed by atoms with Gasteiger partial charge >= 0.3 is 0 Å². The molecule has 1 saturated heterocycles. The van der Waals surface area contributed by atoms with Crippen LogP contribution in [0, 0.1) is 0 Å². The Morgan fingerprint density at radius 3 is 2.73 bits per heavy atom. The summed E-state index contributed by atoms with van der Waals surface area (Å²) in [6.07, 6.45) is 3.44. The van der Waals surface area contributed by atoms with Crippen LogP contribution in [0.1, 0.15) is 16.2 Å². The Labute approximate surface area is 129 Å². The summed E-state index contributed by atoms with van der Waals surface area (Å²) in [7, 11) is 0. The van der Waals surface area contributed by atoms with Crippen LogP contribution >= 0.6 is 0 Å². The predicted molar refractivity (Wildman–Crippen MR) is 82.5 cm³/mol. The second kappa shape index (κ2) is 7.00. The van der Waals surface area contributed by atoms with E-state index in [1.807, 2.05) is 24.3 Å².